The van der Waals surface area contributed by atoms with Crippen molar-refractivity contribution >= 4 is 34.8 Å². The number of nitrogens with one attached hydrogen (secondary N) is 4. The lowest BCUT2D eigenvalue weighted by Crippen LogP contribution is -2.33. The van der Waals surface area contributed by atoms with E-state index in [1.807, 2.05) is 54.6 Å². The van der Waals surface area contributed by atoms with Crippen molar-refractivity contribution in [1.82, 2.24) is 50.1 Å². The number of rotatable bonds is 8. The molecule has 0 saturated carbocycles. The second-order valence-electron chi connectivity index (χ2n) is 12.2. The van der Waals surface area contributed by atoms with Crippen LogP contribution in [-0.4, -0.2) is 90.7 Å². The Morgan fingerprint density at radius 3 is 1.76 bits per heavy atom. The molecule has 4 N–H and O–H groups in total. The molecule has 2 aliphatic heterocycles. The van der Waals surface area contributed by atoms with Gasteiger partial charge >= 0.3 is 0 Å². The molecule has 2 aromatic carbocycles. The van der Waals surface area contributed by atoms with E-state index in [1.54, 1.807) is 12.4 Å². The minimum absolute atomic E-state index is 0.0327. The predicted octanol–water partition coefficient (Wildman–Crippen LogP) is 3.68. The number of ether oxygens (including phenoxy) is 2. The zero-order valence-corrected chi connectivity index (χ0v) is 29.9. The Morgan fingerprint density at radius 1 is 0.727 bits per heavy atom. The predicted molar refractivity (Wildman–Crippen MR) is 200 cm³/mol. The molecule has 18 heteroatoms. The van der Waals surface area contributed by atoms with Crippen LogP contribution in [0.2, 0.25) is 5.15 Å². The van der Waals surface area contributed by atoms with Crippen molar-refractivity contribution in [3.8, 4) is 17.7 Å². The molecule has 0 aliphatic carbocycles. The number of carbonyl (C=O) groups is 2. The SMILES string of the molecule is N#Cc1cnc(-n2cc(C(=O)Nc3ccc([C@H]4CNCCO4)cc3)cn2)cn1.O=C(Nc1ccc([C@H]2CNCCO2)cc1)c1cnn(-c2nccnc2Cl)c1. The van der Waals surface area contributed by atoms with Crippen LogP contribution >= 0.6 is 11.6 Å². The first kappa shape index (κ1) is 36.9. The van der Waals surface area contributed by atoms with Crippen LogP contribution in [0.15, 0.2) is 98.1 Å². The van der Waals surface area contributed by atoms with Crippen LogP contribution in [0.5, 0.6) is 0 Å². The van der Waals surface area contributed by atoms with Crippen molar-refractivity contribution in [3.63, 3.8) is 0 Å². The Balaban J connectivity index is 0.000000169. The first-order chi connectivity index (χ1) is 26.9. The van der Waals surface area contributed by atoms with Crippen molar-refractivity contribution in [2.24, 2.45) is 0 Å². The minimum Gasteiger partial charge on any atom is -0.371 e. The third-order valence-corrected chi connectivity index (χ3v) is 8.73. The zero-order valence-electron chi connectivity index (χ0n) is 29.2. The highest BCUT2D eigenvalue weighted by Gasteiger charge is 2.18. The van der Waals surface area contributed by atoms with Crippen LogP contribution in [0.25, 0.3) is 11.6 Å². The first-order valence-electron chi connectivity index (χ1n) is 17.2. The molecular weight excluding hydrogens is 726 g/mol. The van der Waals surface area contributed by atoms with Gasteiger partial charge in [0.2, 0.25) is 0 Å². The highest BCUT2D eigenvalue weighted by Crippen LogP contribution is 2.23. The third kappa shape index (κ3) is 9.39. The van der Waals surface area contributed by atoms with E-state index in [0.717, 1.165) is 37.3 Å². The van der Waals surface area contributed by atoms with Crippen molar-refractivity contribution < 1.29 is 19.1 Å². The summed E-state index contributed by atoms with van der Waals surface area (Å²) in [5.74, 6) is 0.230. The van der Waals surface area contributed by atoms with Gasteiger partial charge in [-0.15, -0.1) is 0 Å². The highest BCUT2D eigenvalue weighted by molar-refractivity contribution is 6.30. The van der Waals surface area contributed by atoms with Crippen LogP contribution in [0.4, 0.5) is 11.4 Å². The number of aromatic nitrogens is 8. The number of nitriles is 1. The molecule has 55 heavy (non-hydrogen) atoms. The molecule has 2 atom stereocenters. The Labute approximate surface area is 319 Å². The average Bonchev–Trinajstić information content (AvgIpc) is 3.95. The van der Waals surface area contributed by atoms with Gasteiger partial charge in [0.15, 0.2) is 22.5 Å². The summed E-state index contributed by atoms with van der Waals surface area (Å²) in [6, 6.07) is 17.1. The van der Waals surface area contributed by atoms with Gasteiger partial charge in [-0.3, -0.25) is 9.59 Å². The van der Waals surface area contributed by atoms with Gasteiger partial charge in [0.25, 0.3) is 11.8 Å². The van der Waals surface area contributed by atoms with Crippen LogP contribution in [0.1, 0.15) is 49.7 Å². The van der Waals surface area contributed by atoms with E-state index in [0.29, 0.717) is 47.4 Å². The molecule has 0 spiro atoms. The molecule has 2 aliphatic rings. The molecule has 2 amide bonds. The summed E-state index contributed by atoms with van der Waals surface area (Å²) < 4.78 is 14.3. The lowest BCUT2D eigenvalue weighted by Gasteiger charge is -2.24. The number of amides is 2. The second-order valence-corrected chi connectivity index (χ2v) is 12.5. The van der Waals surface area contributed by atoms with Crippen LogP contribution in [0.3, 0.4) is 0 Å². The summed E-state index contributed by atoms with van der Waals surface area (Å²) in [6.45, 7) is 4.70. The maximum atomic E-state index is 12.5. The maximum absolute atomic E-state index is 12.5. The van der Waals surface area contributed by atoms with E-state index in [1.165, 1.54) is 46.5 Å². The topological polar surface area (TPSA) is 212 Å². The van der Waals surface area contributed by atoms with E-state index in [-0.39, 0.29) is 34.9 Å². The number of hydrogen-bond acceptors (Lipinski definition) is 13. The van der Waals surface area contributed by atoms with Gasteiger partial charge in [0.05, 0.1) is 61.3 Å². The smallest absolute Gasteiger partial charge is 0.258 e. The van der Waals surface area contributed by atoms with Crippen molar-refractivity contribution in [2.75, 3.05) is 50.0 Å². The molecular formula is C37H34ClN13O4. The molecule has 2 fully saturated rings. The number of carbonyl (C=O) groups excluding carboxylic acids is 2. The molecule has 2 saturated heterocycles. The van der Waals surface area contributed by atoms with E-state index in [2.05, 4.69) is 51.4 Å². The van der Waals surface area contributed by atoms with E-state index >= 15 is 0 Å². The van der Waals surface area contributed by atoms with Crippen LogP contribution in [-0.2, 0) is 9.47 Å². The molecule has 0 bridgehead atoms. The molecule has 0 radical (unpaired) electrons. The van der Waals surface area contributed by atoms with Crippen molar-refractivity contribution in [3.05, 3.63) is 131 Å². The fraction of sp³-hybridized carbons (Fsp3) is 0.216. The minimum atomic E-state index is -0.281. The van der Waals surface area contributed by atoms with Gasteiger partial charge in [-0.2, -0.15) is 15.5 Å². The zero-order chi connectivity index (χ0) is 38.0. The van der Waals surface area contributed by atoms with Gasteiger partial charge in [-0.1, -0.05) is 35.9 Å². The summed E-state index contributed by atoms with van der Waals surface area (Å²) in [6.07, 6.45) is 11.9. The summed E-state index contributed by atoms with van der Waals surface area (Å²) in [4.78, 5) is 41.0. The summed E-state index contributed by atoms with van der Waals surface area (Å²) in [5, 5.41) is 29.5. The van der Waals surface area contributed by atoms with Crippen molar-refractivity contribution in [1.29, 1.82) is 5.26 Å². The normalized spacial score (nSPS) is 16.6. The number of nitrogens with zero attached hydrogens (tertiary/aromatic N) is 9. The summed E-state index contributed by atoms with van der Waals surface area (Å²) >= 11 is 6.01. The molecule has 0 unspecified atom stereocenters. The molecule has 278 valence electrons. The van der Waals surface area contributed by atoms with Gasteiger partial charge in [-0.05, 0) is 35.4 Å². The van der Waals surface area contributed by atoms with Crippen LogP contribution < -0.4 is 21.3 Å². The highest BCUT2D eigenvalue weighted by atomic mass is 35.5. The summed E-state index contributed by atoms with van der Waals surface area (Å²) in [5.41, 5.74) is 4.51. The van der Waals surface area contributed by atoms with Gasteiger partial charge < -0.3 is 30.7 Å². The van der Waals surface area contributed by atoms with Gasteiger partial charge in [0, 0.05) is 62.3 Å². The second kappa shape index (κ2) is 17.6. The standard InChI is InChI=1S/C19H17N7O2.C18H17ClN6O2/c20-7-16-9-23-18(11-22-16)26-12-14(8-24-26)19(27)25-15-3-1-13(2-4-15)17-10-21-5-6-28-17;19-16-17(22-6-5-21-16)25-11-13(9-23-25)18(26)24-14-3-1-12(2-4-14)15-10-20-7-8-27-15/h1-4,8-9,11-12,17,21H,5-6,10H2,(H,25,27);1-6,9,11,15,20H,7-8,10H2,(H,24,26)/t17-;15-/m11/s1. The molecule has 6 heterocycles. The Morgan fingerprint density at radius 2 is 1.27 bits per heavy atom. The van der Waals surface area contributed by atoms with Crippen LogP contribution in [0, 0.1) is 11.3 Å². The lowest BCUT2D eigenvalue weighted by atomic mass is 10.1. The quantitative estimate of drug-likeness (QED) is 0.175. The largest absolute Gasteiger partial charge is 0.371 e. The van der Waals surface area contributed by atoms with Crippen molar-refractivity contribution in [2.45, 2.75) is 12.2 Å². The molecule has 4 aromatic heterocycles. The van der Waals surface area contributed by atoms with E-state index < -0.39 is 0 Å². The molecule has 8 rings (SSSR count). The Kier molecular flexibility index (Phi) is 11.8. The van der Waals surface area contributed by atoms with E-state index in [9.17, 15) is 9.59 Å². The first-order valence-corrected chi connectivity index (χ1v) is 17.6. The Hall–Kier alpha value is -6.42. The lowest BCUT2D eigenvalue weighted by molar-refractivity contribution is 0.0276. The number of halogens is 1. The molecule has 6 aromatic rings. The number of benzene rings is 2. The monoisotopic (exact) mass is 759 g/mol. The van der Waals surface area contributed by atoms with Gasteiger partial charge in [0.1, 0.15) is 6.07 Å². The van der Waals surface area contributed by atoms with E-state index in [4.69, 9.17) is 26.3 Å². The number of anilines is 2. The van der Waals surface area contributed by atoms with Gasteiger partial charge in [-0.25, -0.2) is 29.3 Å². The maximum Gasteiger partial charge on any atom is 0.258 e. The number of hydrogen-bond donors (Lipinski definition) is 4. The molecule has 17 nitrogen and oxygen atoms in total. The Bertz CT molecular complexity index is 2260. The third-order valence-electron chi connectivity index (χ3n) is 8.47. The fourth-order valence-electron chi connectivity index (χ4n) is 5.61. The summed E-state index contributed by atoms with van der Waals surface area (Å²) in [7, 11) is 0. The average molecular weight is 760 g/mol. The fourth-order valence-corrected chi connectivity index (χ4v) is 5.81. The number of morpholine rings is 2.